The third-order valence-corrected chi connectivity index (χ3v) is 5.93. The molecule has 0 radical (unpaired) electrons. The van der Waals surface area contributed by atoms with Crippen LogP contribution in [0.5, 0.6) is 0 Å². The maximum absolute atomic E-state index is 13.0. The average Bonchev–Trinajstić information content (AvgIpc) is 3.40. The van der Waals surface area contributed by atoms with Crippen LogP contribution in [-0.2, 0) is 22.7 Å². The topological polar surface area (TPSA) is 58.4 Å². The molecular formula is C25H28N4O2. The lowest BCUT2D eigenvalue weighted by molar-refractivity contribution is -0.135. The Balaban J connectivity index is 1.35. The van der Waals surface area contributed by atoms with Crippen LogP contribution >= 0.6 is 0 Å². The van der Waals surface area contributed by atoms with Crippen molar-refractivity contribution in [3.63, 3.8) is 0 Å². The minimum atomic E-state index is -0.303. The lowest BCUT2D eigenvalue weighted by Crippen LogP contribution is -2.34. The molecule has 3 aromatic rings. The Morgan fingerprint density at radius 1 is 1.10 bits per heavy atom. The first-order chi connectivity index (χ1) is 15.0. The summed E-state index contributed by atoms with van der Waals surface area (Å²) < 4.78 is 1.88. The second-order valence-electron chi connectivity index (χ2n) is 8.26. The summed E-state index contributed by atoms with van der Waals surface area (Å²) in [7, 11) is 1.80. The van der Waals surface area contributed by atoms with Crippen molar-refractivity contribution in [1.29, 1.82) is 0 Å². The maximum atomic E-state index is 13.0. The monoisotopic (exact) mass is 416 g/mol. The maximum Gasteiger partial charge on any atom is 0.228 e. The fourth-order valence-electron chi connectivity index (χ4n) is 4.19. The van der Waals surface area contributed by atoms with Crippen molar-refractivity contribution in [2.75, 3.05) is 13.6 Å². The lowest BCUT2D eigenvalue weighted by atomic mass is 10.1. The van der Waals surface area contributed by atoms with E-state index in [1.54, 1.807) is 18.1 Å². The van der Waals surface area contributed by atoms with E-state index < -0.39 is 0 Å². The normalized spacial score (nSPS) is 17.0. The summed E-state index contributed by atoms with van der Waals surface area (Å²) in [5.74, 6) is -0.256. The molecule has 1 fully saturated rings. The van der Waals surface area contributed by atoms with Gasteiger partial charge in [-0.2, -0.15) is 5.10 Å². The Hall–Kier alpha value is -3.41. The van der Waals surface area contributed by atoms with Gasteiger partial charge in [-0.05, 0) is 18.1 Å². The Kier molecular flexibility index (Phi) is 6.16. The van der Waals surface area contributed by atoms with Crippen LogP contribution in [0.4, 0.5) is 0 Å². The number of amides is 2. The first kappa shape index (κ1) is 20.8. The molecule has 31 heavy (non-hydrogen) atoms. The number of nitrogens with zero attached hydrogens (tertiary/aromatic N) is 4. The average molecular weight is 417 g/mol. The van der Waals surface area contributed by atoms with Gasteiger partial charge < -0.3 is 9.80 Å². The van der Waals surface area contributed by atoms with Crippen molar-refractivity contribution in [1.82, 2.24) is 19.6 Å². The molecule has 2 atom stereocenters. The summed E-state index contributed by atoms with van der Waals surface area (Å²) in [5, 5.41) is 4.42. The van der Waals surface area contributed by atoms with Gasteiger partial charge in [-0.3, -0.25) is 14.3 Å². The van der Waals surface area contributed by atoms with Crippen molar-refractivity contribution in [2.45, 2.75) is 32.5 Å². The molecule has 1 aliphatic rings. The van der Waals surface area contributed by atoms with Gasteiger partial charge in [-0.25, -0.2) is 0 Å². The predicted molar refractivity (Wildman–Crippen MR) is 119 cm³/mol. The smallest absolute Gasteiger partial charge is 0.228 e. The van der Waals surface area contributed by atoms with Crippen molar-refractivity contribution < 1.29 is 9.59 Å². The molecule has 2 amide bonds. The standard InChI is InChI=1S/C25H28N4O2/c1-19(22-11-7-4-8-12-22)29-18-23(13-24(29)30)25(31)27(2)15-21-14-26-28(17-21)16-20-9-5-3-6-10-20/h3-12,14,17,19,23H,13,15-16,18H2,1-2H3/t19-,23-/m1/s1. The molecule has 4 rings (SSSR count). The van der Waals surface area contributed by atoms with E-state index in [4.69, 9.17) is 0 Å². The molecule has 0 spiro atoms. The van der Waals surface area contributed by atoms with Crippen LogP contribution in [0.1, 0.15) is 36.1 Å². The van der Waals surface area contributed by atoms with Gasteiger partial charge in [0, 0.05) is 38.3 Å². The number of rotatable bonds is 7. The Bertz CT molecular complexity index is 1030. The van der Waals surface area contributed by atoms with Crippen LogP contribution < -0.4 is 0 Å². The van der Waals surface area contributed by atoms with E-state index in [-0.39, 0.29) is 30.2 Å². The van der Waals surface area contributed by atoms with Crippen LogP contribution in [0.3, 0.4) is 0 Å². The zero-order valence-corrected chi connectivity index (χ0v) is 18.0. The van der Waals surface area contributed by atoms with Crippen LogP contribution in [0, 0.1) is 5.92 Å². The fraction of sp³-hybridized carbons (Fsp3) is 0.320. The number of hydrogen-bond acceptors (Lipinski definition) is 3. The Labute approximate surface area is 183 Å². The summed E-state index contributed by atoms with van der Waals surface area (Å²) in [5.41, 5.74) is 3.24. The van der Waals surface area contributed by atoms with Crippen LogP contribution in [-0.4, -0.2) is 45.0 Å². The van der Waals surface area contributed by atoms with E-state index in [1.165, 1.54) is 5.56 Å². The number of carbonyl (C=O) groups excluding carboxylic acids is 2. The highest BCUT2D eigenvalue weighted by Crippen LogP contribution is 2.29. The van der Waals surface area contributed by atoms with Gasteiger partial charge in [0.25, 0.3) is 0 Å². The third kappa shape index (κ3) is 4.85. The molecule has 1 aromatic heterocycles. The van der Waals surface area contributed by atoms with E-state index in [0.29, 0.717) is 19.6 Å². The third-order valence-electron chi connectivity index (χ3n) is 5.93. The molecule has 0 N–H and O–H groups in total. The molecule has 160 valence electrons. The summed E-state index contributed by atoms with van der Waals surface area (Å²) >= 11 is 0. The minimum Gasteiger partial charge on any atom is -0.341 e. The first-order valence-electron chi connectivity index (χ1n) is 10.7. The minimum absolute atomic E-state index is 0.00641. The quantitative estimate of drug-likeness (QED) is 0.592. The van der Waals surface area contributed by atoms with Gasteiger partial charge >= 0.3 is 0 Å². The van der Waals surface area contributed by atoms with Gasteiger partial charge in [-0.1, -0.05) is 60.7 Å². The van der Waals surface area contributed by atoms with Crippen LogP contribution in [0.2, 0.25) is 0 Å². The zero-order valence-electron chi connectivity index (χ0n) is 18.0. The molecule has 0 unspecified atom stereocenters. The second kappa shape index (κ2) is 9.16. The molecular weight excluding hydrogens is 388 g/mol. The summed E-state index contributed by atoms with van der Waals surface area (Å²) in [4.78, 5) is 29.2. The Morgan fingerprint density at radius 3 is 2.48 bits per heavy atom. The summed E-state index contributed by atoms with van der Waals surface area (Å²) in [6.45, 7) is 3.66. The van der Waals surface area contributed by atoms with E-state index in [0.717, 1.165) is 11.1 Å². The van der Waals surface area contributed by atoms with Crippen LogP contribution in [0.15, 0.2) is 73.1 Å². The highest BCUT2D eigenvalue weighted by atomic mass is 16.2. The van der Waals surface area contributed by atoms with Crippen LogP contribution in [0.25, 0.3) is 0 Å². The SMILES string of the molecule is C[C@H](c1ccccc1)N1C[C@H](C(=O)N(C)Cc2cnn(Cc3ccccc3)c2)CC1=O. The van der Waals surface area contributed by atoms with Gasteiger partial charge in [0.05, 0.1) is 24.7 Å². The molecule has 1 aliphatic heterocycles. The molecule has 2 heterocycles. The van der Waals surface area contributed by atoms with E-state index in [9.17, 15) is 9.59 Å². The van der Waals surface area contributed by atoms with E-state index >= 15 is 0 Å². The highest BCUT2D eigenvalue weighted by Gasteiger charge is 2.38. The molecule has 0 aliphatic carbocycles. The van der Waals surface area contributed by atoms with Crippen molar-refractivity contribution in [3.05, 3.63) is 89.7 Å². The zero-order chi connectivity index (χ0) is 21.8. The molecule has 0 bridgehead atoms. The van der Waals surface area contributed by atoms with Crippen molar-refractivity contribution in [3.8, 4) is 0 Å². The number of likely N-dealkylation sites (tertiary alicyclic amines) is 1. The second-order valence-corrected chi connectivity index (χ2v) is 8.26. The molecule has 0 saturated carbocycles. The molecule has 2 aromatic carbocycles. The number of aromatic nitrogens is 2. The predicted octanol–water partition coefficient (Wildman–Crippen LogP) is 3.50. The van der Waals surface area contributed by atoms with Gasteiger partial charge in [0.15, 0.2) is 0 Å². The van der Waals surface area contributed by atoms with E-state index in [1.807, 2.05) is 71.2 Å². The lowest BCUT2D eigenvalue weighted by Gasteiger charge is -2.26. The fourth-order valence-corrected chi connectivity index (χ4v) is 4.19. The number of hydrogen-bond donors (Lipinski definition) is 0. The number of benzene rings is 2. The van der Waals surface area contributed by atoms with Crippen molar-refractivity contribution in [2.24, 2.45) is 5.92 Å². The molecule has 6 nitrogen and oxygen atoms in total. The first-order valence-corrected chi connectivity index (χ1v) is 10.7. The summed E-state index contributed by atoms with van der Waals surface area (Å²) in [6.07, 6.45) is 4.05. The molecule has 1 saturated heterocycles. The van der Waals surface area contributed by atoms with Crippen molar-refractivity contribution >= 4 is 11.8 Å². The summed E-state index contributed by atoms with van der Waals surface area (Å²) in [6, 6.07) is 20.1. The van der Waals surface area contributed by atoms with Gasteiger partial charge in [0.1, 0.15) is 0 Å². The largest absolute Gasteiger partial charge is 0.341 e. The van der Waals surface area contributed by atoms with Gasteiger partial charge in [-0.15, -0.1) is 0 Å². The van der Waals surface area contributed by atoms with Gasteiger partial charge in [0.2, 0.25) is 11.8 Å². The van der Waals surface area contributed by atoms with E-state index in [2.05, 4.69) is 17.2 Å². The molecule has 6 heteroatoms. The number of carbonyl (C=O) groups is 2. The highest BCUT2D eigenvalue weighted by molar-refractivity contribution is 5.89. The Morgan fingerprint density at radius 2 is 1.77 bits per heavy atom.